The second-order valence-corrected chi connectivity index (χ2v) is 7.20. The smallest absolute Gasteiger partial charge is 0.405 e. The summed E-state index contributed by atoms with van der Waals surface area (Å²) in [6.07, 6.45) is -2.47. The van der Waals surface area contributed by atoms with E-state index >= 15 is 0 Å². The highest BCUT2D eigenvalue weighted by Crippen LogP contribution is 2.51. The predicted molar refractivity (Wildman–Crippen MR) is 104 cm³/mol. The lowest BCUT2D eigenvalue weighted by Crippen LogP contribution is -2.59. The van der Waals surface area contributed by atoms with Crippen LogP contribution in [0.1, 0.15) is 18.4 Å². The van der Waals surface area contributed by atoms with Gasteiger partial charge in [0.05, 0.1) is 5.54 Å². The molecule has 4 rings (SSSR count). The maximum Gasteiger partial charge on any atom is 0.405 e. The minimum atomic E-state index is -2.88. The summed E-state index contributed by atoms with van der Waals surface area (Å²) in [4.78, 5) is 11.1. The number of carbonyl (C=O) groups is 1. The molecule has 0 saturated heterocycles. The molecule has 1 aromatic heterocycles. The first-order valence-corrected chi connectivity index (χ1v) is 8.97. The van der Waals surface area contributed by atoms with Gasteiger partial charge in [-0.3, -0.25) is 0 Å². The third-order valence-electron chi connectivity index (χ3n) is 5.08. The Morgan fingerprint density at radius 3 is 2.24 bits per heavy atom. The van der Waals surface area contributed by atoms with E-state index in [9.17, 15) is 13.6 Å². The molecule has 0 unspecified atom stereocenters. The van der Waals surface area contributed by atoms with Crippen LogP contribution in [0.3, 0.4) is 0 Å². The summed E-state index contributed by atoms with van der Waals surface area (Å²) in [7, 11) is 0. The fraction of sp³-hybridized carbons (Fsp3) is 0.190. The second-order valence-electron chi connectivity index (χ2n) is 7.20. The number of nitrogens with one attached hydrogen (secondary N) is 1. The van der Waals surface area contributed by atoms with Gasteiger partial charge in [0.2, 0.25) is 0 Å². The molecule has 4 N–H and O–H groups in total. The lowest BCUT2D eigenvalue weighted by Gasteiger charge is -2.47. The molecule has 1 saturated carbocycles. The predicted octanol–water partition coefficient (Wildman–Crippen LogP) is 4.28. The molecule has 0 atom stereocenters. The van der Waals surface area contributed by atoms with Crippen LogP contribution >= 0.6 is 0 Å². The summed E-state index contributed by atoms with van der Waals surface area (Å²) in [5, 5.41) is 19.5. The highest BCUT2D eigenvalue weighted by molar-refractivity contribution is 5.81. The largest absolute Gasteiger partial charge is 0.465 e. The number of rotatable bonds is 4. The van der Waals surface area contributed by atoms with E-state index in [1.807, 2.05) is 30.3 Å². The average molecular weight is 396 g/mol. The van der Waals surface area contributed by atoms with E-state index in [1.165, 1.54) is 0 Å². The Hall–Kier alpha value is -3.55. The fourth-order valence-corrected chi connectivity index (χ4v) is 3.81. The van der Waals surface area contributed by atoms with Crippen molar-refractivity contribution in [1.29, 1.82) is 0 Å². The highest BCUT2D eigenvalue weighted by Gasteiger charge is 2.58. The minimum Gasteiger partial charge on any atom is -0.465 e. The normalized spacial score (nSPS) is 16.6. The van der Waals surface area contributed by atoms with Gasteiger partial charge in [-0.05, 0) is 17.2 Å². The summed E-state index contributed by atoms with van der Waals surface area (Å²) >= 11 is 0. The van der Waals surface area contributed by atoms with Gasteiger partial charge in [0.15, 0.2) is 0 Å². The van der Waals surface area contributed by atoms with Crippen LogP contribution in [-0.2, 0) is 5.54 Å². The van der Waals surface area contributed by atoms with Crippen LogP contribution in [0.25, 0.3) is 22.4 Å². The van der Waals surface area contributed by atoms with Gasteiger partial charge in [-0.2, -0.15) is 0 Å². The highest BCUT2D eigenvalue weighted by atomic mass is 19.3. The molecule has 0 radical (unpaired) electrons. The van der Waals surface area contributed by atoms with Gasteiger partial charge in [-0.25, -0.2) is 13.6 Å². The van der Waals surface area contributed by atoms with Crippen molar-refractivity contribution in [3.8, 4) is 22.4 Å². The molecular formula is C21H18F2N4O2. The number of nitrogens with two attached hydrogens (primary N) is 1. The van der Waals surface area contributed by atoms with Crippen molar-refractivity contribution in [1.82, 2.24) is 15.5 Å². The zero-order valence-corrected chi connectivity index (χ0v) is 15.3. The minimum absolute atomic E-state index is 0.283. The number of alkyl halides is 2. The monoisotopic (exact) mass is 396 g/mol. The molecule has 1 aliphatic carbocycles. The van der Waals surface area contributed by atoms with Crippen LogP contribution in [0.2, 0.25) is 0 Å². The zero-order valence-electron chi connectivity index (χ0n) is 15.3. The Kier molecular flexibility index (Phi) is 4.41. The molecule has 8 heteroatoms. The molecule has 1 aliphatic rings. The SMILES string of the molecule is Nc1cc(-c2ccccc2)c(-c2ccc(C3(NC(=O)O)CC(F)(F)C3)cc2)nn1. The van der Waals surface area contributed by atoms with Gasteiger partial charge in [0, 0.05) is 24.0 Å². The first kappa shape index (κ1) is 18.8. The van der Waals surface area contributed by atoms with Crippen LogP contribution < -0.4 is 11.1 Å². The summed E-state index contributed by atoms with van der Waals surface area (Å²) in [5.41, 5.74) is 8.03. The second kappa shape index (κ2) is 6.80. The summed E-state index contributed by atoms with van der Waals surface area (Å²) in [6, 6.07) is 18.0. The van der Waals surface area contributed by atoms with Crippen LogP contribution in [0, 0.1) is 0 Å². The Morgan fingerprint density at radius 1 is 1.00 bits per heavy atom. The topological polar surface area (TPSA) is 101 Å². The average Bonchev–Trinajstić information content (AvgIpc) is 2.67. The number of hydrogen-bond acceptors (Lipinski definition) is 4. The molecule has 1 amide bonds. The van der Waals surface area contributed by atoms with Crippen LogP contribution in [-0.4, -0.2) is 27.3 Å². The number of hydrogen-bond donors (Lipinski definition) is 3. The van der Waals surface area contributed by atoms with Crippen LogP contribution in [0.4, 0.5) is 19.4 Å². The molecule has 0 aliphatic heterocycles. The number of nitrogen functional groups attached to an aromatic ring is 1. The molecule has 148 valence electrons. The van der Waals surface area contributed by atoms with Gasteiger partial charge >= 0.3 is 6.09 Å². The zero-order chi connectivity index (χ0) is 20.6. The van der Waals surface area contributed by atoms with Gasteiger partial charge in [-0.15, -0.1) is 10.2 Å². The molecule has 3 aromatic rings. The Bertz CT molecular complexity index is 1050. The Labute approximate surface area is 165 Å². The number of amides is 1. The van der Waals surface area contributed by atoms with Crippen molar-refractivity contribution in [2.24, 2.45) is 0 Å². The van der Waals surface area contributed by atoms with Gasteiger partial charge < -0.3 is 16.2 Å². The standard InChI is InChI=1S/C21H18F2N4O2/c22-21(23)11-20(12-21,25-19(28)29)15-8-6-14(7-9-15)18-16(10-17(24)26-27-18)13-4-2-1-3-5-13/h1-10,25H,11-12H2,(H2,24,26)(H,28,29). The van der Waals surface area contributed by atoms with Crippen molar-refractivity contribution in [3.05, 3.63) is 66.2 Å². The lowest BCUT2D eigenvalue weighted by atomic mass is 9.69. The van der Waals surface area contributed by atoms with Crippen molar-refractivity contribution in [2.45, 2.75) is 24.3 Å². The van der Waals surface area contributed by atoms with E-state index in [0.29, 0.717) is 11.3 Å². The van der Waals surface area contributed by atoms with Crippen molar-refractivity contribution in [3.63, 3.8) is 0 Å². The van der Waals surface area contributed by atoms with E-state index in [2.05, 4.69) is 15.5 Å². The van der Waals surface area contributed by atoms with E-state index in [4.69, 9.17) is 10.8 Å². The molecule has 1 fully saturated rings. The number of carboxylic acid groups (broad SMARTS) is 1. The van der Waals surface area contributed by atoms with E-state index in [0.717, 1.165) is 16.7 Å². The first-order valence-electron chi connectivity index (χ1n) is 8.97. The quantitative estimate of drug-likeness (QED) is 0.611. The molecule has 29 heavy (non-hydrogen) atoms. The number of benzene rings is 2. The van der Waals surface area contributed by atoms with Crippen molar-refractivity contribution in [2.75, 3.05) is 5.73 Å². The number of nitrogens with zero attached hydrogens (tertiary/aromatic N) is 2. The number of halogens is 2. The molecule has 0 bridgehead atoms. The molecule has 0 spiro atoms. The van der Waals surface area contributed by atoms with Crippen molar-refractivity contribution >= 4 is 11.9 Å². The number of aromatic nitrogens is 2. The van der Waals surface area contributed by atoms with Gasteiger partial charge in [0.1, 0.15) is 11.5 Å². The maximum atomic E-state index is 13.5. The molecular weight excluding hydrogens is 378 g/mol. The lowest BCUT2D eigenvalue weighted by molar-refractivity contribution is -0.134. The van der Waals surface area contributed by atoms with Crippen LogP contribution in [0.5, 0.6) is 0 Å². The summed E-state index contributed by atoms with van der Waals surface area (Å²) in [6.45, 7) is 0. The van der Waals surface area contributed by atoms with Gasteiger partial charge in [-0.1, -0.05) is 54.6 Å². The number of anilines is 1. The summed E-state index contributed by atoms with van der Waals surface area (Å²) < 4.78 is 27.1. The maximum absolute atomic E-state index is 13.5. The van der Waals surface area contributed by atoms with Crippen LogP contribution in [0.15, 0.2) is 60.7 Å². The van der Waals surface area contributed by atoms with E-state index < -0.39 is 30.4 Å². The first-order chi connectivity index (χ1) is 13.8. The summed E-state index contributed by atoms with van der Waals surface area (Å²) in [5.74, 6) is -2.60. The molecule has 1 heterocycles. The Morgan fingerprint density at radius 2 is 1.66 bits per heavy atom. The van der Waals surface area contributed by atoms with E-state index in [-0.39, 0.29) is 5.82 Å². The third-order valence-corrected chi connectivity index (χ3v) is 5.08. The third kappa shape index (κ3) is 3.61. The van der Waals surface area contributed by atoms with Gasteiger partial charge in [0.25, 0.3) is 5.92 Å². The van der Waals surface area contributed by atoms with E-state index in [1.54, 1.807) is 30.3 Å². The molecule has 2 aromatic carbocycles. The Balaban J connectivity index is 1.71. The van der Waals surface area contributed by atoms with Crippen molar-refractivity contribution < 1.29 is 18.7 Å². The fourth-order valence-electron chi connectivity index (χ4n) is 3.81. The molecule has 6 nitrogen and oxygen atoms in total.